The topological polar surface area (TPSA) is 56.7 Å². The summed E-state index contributed by atoms with van der Waals surface area (Å²) in [6.45, 7) is 0. The molecule has 11 aromatic rings. The zero-order valence-electron chi connectivity index (χ0n) is 31.7. The van der Waals surface area contributed by atoms with Gasteiger partial charge in [0.15, 0.2) is 11.6 Å². The predicted octanol–water partition coefficient (Wildman–Crippen LogP) is -0.449. The first-order valence-corrected chi connectivity index (χ1v) is 18.9. The van der Waals surface area contributed by atoms with Gasteiger partial charge in [0.05, 0.1) is 11.0 Å². The molecular weight excluding hydrogens is 721 g/mol. The highest BCUT2D eigenvalue weighted by atomic mass is 16.3. The normalized spacial score (nSPS) is 12.0. The molecule has 0 atom stereocenters. The minimum atomic E-state index is 0.0719. The van der Waals surface area contributed by atoms with Crippen molar-refractivity contribution in [3.63, 3.8) is 0 Å². The lowest BCUT2D eigenvalue weighted by Gasteiger charge is -2.24. The monoisotopic (exact) mass is 738 g/mol. The predicted molar refractivity (Wildman–Crippen MR) is 258 cm³/mol. The summed E-state index contributed by atoms with van der Waals surface area (Å²) in [4.78, 5) is 15.2. The second-order valence-electron chi connectivity index (χ2n) is 14.9. The van der Waals surface area contributed by atoms with Crippen LogP contribution in [-0.2, 0) is 0 Å². The molecule has 20 radical (unpaired) electrons. The number of fused-ring (bicyclic) bond motifs is 6. The number of furan rings is 1. The number of rotatable bonds is 4. The Morgan fingerprint density at radius 2 is 0.850 bits per heavy atom. The molecule has 0 saturated heterocycles. The highest BCUT2D eigenvalue weighted by Crippen LogP contribution is 2.41. The molecule has 0 N–H and O–H groups in total. The van der Waals surface area contributed by atoms with E-state index in [-0.39, 0.29) is 60.6 Å². The standard InChI is InChI=1S/C45H16B10N4O/c46-31-25-26(32(47)36(51)35(31)50)28-30-29-27(25)33(48)37(52)39(54)41(29)59(42(30)40(55)38(53)34(28)49)45-57-43(18-10-5-2-6-11-18)56-44(58-45)19-14-15-21-23(16-19)60-22-13-7-12-20(24(21)22)17-8-3-1-4-9-17/h1-16H. The van der Waals surface area contributed by atoms with Gasteiger partial charge in [-0.1, -0.05) is 112 Å². The maximum Gasteiger partial charge on any atom is 0.238 e. The third kappa shape index (κ3) is 4.92. The third-order valence-electron chi connectivity index (χ3n) is 11.7. The Morgan fingerprint density at radius 3 is 1.40 bits per heavy atom. The largest absolute Gasteiger partial charge is 0.456 e. The van der Waals surface area contributed by atoms with E-state index in [2.05, 4.69) is 18.2 Å². The van der Waals surface area contributed by atoms with Gasteiger partial charge >= 0.3 is 0 Å². The Balaban J connectivity index is 1.27. The summed E-state index contributed by atoms with van der Waals surface area (Å²) < 4.78 is 8.20. The van der Waals surface area contributed by atoms with Crippen LogP contribution in [0.3, 0.4) is 0 Å². The van der Waals surface area contributed by atoms with E-state index in [4.69, 9.17) is 97.8 Å². The summed E-state index contributed by atoms with van der Waals surface area (Å²) >= 11 is 0. The first kappa shape index (κ1) is 36.8. The molecule has 0 aliphatic carbocycles. The SMILES string of the molecule is [B]c1c([B])c([B])c2c(c1[B])c1c([B])c([B])c([B])c3c1c1c2c([B])c([B])c([B])c1n3-c1nc(-c2ccccc2)nc(-c2ccc3c(c2)oc2cccc(-c4ccccc4)c23)n1. The Morgan fingerprint density at radius 1 is 0.367 bits per heavy atom. The number of aromatic nitrogens is 4. The van der Waals surface area contributed by atoms with Gasteiger partial charge in [0, 0.05) is 32.7 Å². The number of hydrogen-bond acceptors (Lipinski definition) is 4. The summed E-state index contributed by atoms with van der Waals surface area (Å²) in [6.07, 6.45) is 0. The van der Waals surface area contributed by atoms with Gasteiger partial charge in [-0.3, -0.25) is 4.57 Å². The van der Waals surface area contributed by atoms with Crippen molar-refractivity contribution in [1.29, 1.82) is 0 Å². The van der Waals surface area contributed by atoms with Crippen molar-refractivity contribution in [1.82, 2.24) is 19.5 Å². The van der Waals surface area contributed by atoms with E-state index in [1.165, 1.54) is 0 Å². The van der Waals surface area contributed by atoms with Gasteiger partial charge in [-0.2, -0.15) is 9.97 Å². The van der Waals surface area contributed by atoms with Crippen molar-refractivity contribution in [2.75, 3.05) is 0 Å². The third-order valence-corrected chi connectivity index (χ3v) is 11.7. The quantitative estimate of drug-likeness (QED) is 0.182. The van der Waals surface area contributed by atoms with Crippen molar-refractivity contribution in [3.8, 4) is 39.9 Å². The van der Waals surface area contributed by atoms with Crippen LogP contribution in [0.2, 0.25) is 0 Å². The van der Waals surface area contributed by atoms with Gasteiger partial charge in [0.2, 0.25) is 5.95 Å². The molecule has 8 aromatic carbocycles. The molecule has 0 aliphatic rings. The van der Waals surface area contributed by atoms with E-state index < -0.39 is 0 Å². The second-order valence-corrected chi connectivity index (χ2v) is 14.9. The molecule has 60 heavy (non-hydrogen) atoms. The van der Waals surface area contributed by atoms with Crippen LogP contribution in [0.15, 0.2) is 101 Å². The molecular formula is C45H16B10N4O. The second kappa shape index (κ2) is 13.1. The highest BCUT2D eigenvalue weighted by Gasteiger charge is 2.29. The molecule has 0 unspecified atom stereocenters. The zero-order chi connectivity index (χ0) is 41.5. The average Bonchev–Trinajstić information content (AvgIpc) is 3.84. The van der Waals surface area contributed by atoms with Crippen LogP contribution in [0.5, 0.6) is 0 Å². The van der Waals surface area contributed by atoms with E-state index in [0.29, 0.717) is 66.1 Å². The number of nitrogens with zero attached hydrogens (tertiary/aromatic N) is 4. The molecule has 0 amide bonds. The van der Waals surface area contributed by atoms with Crippen LogP contribution >= 0.6 is 0 Å². The van der Waals surface area contributed by atoms with Crippen LogP contribution in [0.25, 0.3) is 105 Å². The Hall–Kier alpha value is -6.20. The van der Waals surface area contributed by atoms with E-state index >= 15 is 0 Å². The summed E-state index contributed by atoms with van der Waals surface area (Å²) in [7, 11) is 67.6. The van der Waals surface area contributed by atoms with Gasteiger partial charge in [0.1, 0.15) is 89.6 Å². The van der Waals surface area contributed by atoms with Crippen molar-refractivity contribution < 1.29 is 4.42 Å². The van der Waals surface area contributed by atoms with Gasteiger partial charge in [-0.15, -0.1) is 21.9 Å². The molecule has 3 heterocycles. The minimum Gasteiger partial charge on any atom is -0.456 e. The lowest BCUT2D eigenvalue weighted by molar-refractivity contribution is 0.669. The van der Waals surface area contributed by atoms with Crippen molar-refractivity contribution in [2.24, 2.45) is 0 Å². The molecule has 252 valence electrons. The van der Waals surface area contributed by atoms with Crippen molar-refractivity contribution in [2.45, 2.75) is 0 Å². The molecule has 0 aliphatic heterocycles. The first-order chi connectivity index (χ1) is 29.0. The molecule has 0 bridgehead atoms. The summed E-state index contributed by atoms with van der Waals surface area (Å²) in [6, 6.07) is 31.7. The van der Waals surface area contributed by atoms with Crippen LogP contribution < -0.4 is 54.6 Å². The van der Waals surface area contributed by atoms with E-state index in [1.807, 2.05) is 78.9 Å². The lowest BCUT2D eigenvalue weighted by atomic mass is 9.60. The van der Waals surface area contributed by atoms with Crippen LogP contribution in [-0.4, -0.2) is 98.0 Å². The number of hydrogen-bond donors (Lipinski definition) is 0. The molecule has 0 fully saturated rings. The van der Waals surface area contributed by atoms with Gasteiger partial charge in [-0.25, -0.2) is 4.98 Å². The molecule has 15 heteroatoms. The van der Waals surface area contributed by atoms with Gasteiger partial charge in [0.25, 0.3) is 0 Å². The van der Waals surface area contributed by atoms with Gasteiger partial charge < -0.3 is 4.42 Å². The fraction of sp³-hybridized carbons (Fsp3) is 0. The smallest absolute Gasteiger partial charge is 0.238 e. The van der Waals surface area contributed by atoms with Crippen molar-refractivity contribution >= 4 is 198 Å². The van der Waals surface area contributed by atoms with Crippen LogP contribution in [0.1, 0.15) is 0 Å². The fourth-order valence-corrected chi connectivity index (χ4v) is 8.85. The number of benzene rings is 8. The molecule has 0 spiro atoms. The Labute approximate surface area is 357 Å². The minimum absolute atomic E-state index is 0.0719. The highest BCUT2D eigenvalue weighted by molar-refractivity contribution is 6.74. The molecule has 3 aromatic heterocycles. The Bertz CT molecular complexity index is 3550. The van der Waals surface area contributed by atoms with Crippen molar-refractivity contribution in [3.05, 3.63) is 97.1 Å². The van der Waals surface area contributed by atoms with Crippen LogP contribution in [0, 0.1) is 0 Å². The summed E-state index contributed by atoms with van der Waals surface area (Å²) in [5, 5.41) is 4.58. The first-order valence-electron chi connectivity index (χ1n) is 18.9. The fourth-order valence-electron chi connectivity index (χ4n) is 8.85. The zero-order valence-corrected chi connectivity index (χ0v) is 31.7. The van der Waals surface area contributed by atoms with Crippen LogP contribution in [0.4, 0.5) is 0 Å². The maximum atomic E-state index is 6.97. The van der Waals surface area contributed by atoms with E-state index in [0.717, 1.165) is 33.0 Å². The molecule has 11 rings (SSSR count). The summed E-state index contributed by atoms with van der Waals surface area (Å²) in [5.41, 5.74) is 6.76. The van der Waals surface area contributed by atoms with E-state index in [9.17, 15) is 0 Å². The maximum absolute atomic E-state index is 6.97. The van der Waals surface area contributed by atoms with Gasteiger partial charge in [-0.05, 0) is 50.9 Å². The summed E-state index contributed by atoms with van der Waals surface area (Å²) in [5.74, 6) is 0.832. The average molecular weight is 737 g/mol. The Kier molecular flexibility index (Phi) is 8.07. The van der Waals surface area contributed by atoms with E-state index in [1.54, 1.807) is 4.57 Å². The lowest BCUT2D eigenvalue weighted by Crippen LogP contribution is -2.49. The molecule has 0 saturated carbocycles. The molecule has 5 nitrogen and oxygen atoms in total.